The summed E-state index contributed by atoms with van der Waals surface area (Å²) < 4.78 is 5.18. The second-order valence-corrected chi connectivity index (χ2v) is 5.64. The van der Waals surface area contributed by atoms with Gasteiger partial charge in [0.1, 0.15) is 5.54 Å². The summed E-state index contributed by atoms with van der Waals surface area (Å²) in [5, 5.41) is 22.3. The summed E-state index contributed by atoms with van der Waals surface area (Å²) in [5.74, 6) is -0.223. The van der Waals surface area contributed by atoms with Crippen LogP contribution in [0.25, 0.3) is 0 Å². The third kappa shape index (κ3) is 3.65. The SMILES string of the molecule is CCOC(=O)C1(NCC(O)c2ccc(C#N)cc2)CCCC1. The first-order valence-electron chi connectivity index (χ1n) is 7.71. The largest absolute Gasteiger partial charge is 0.465 e. The van der Waals surface area contributed by atoms with E-state index in [-0.39, 0.29) is 12.5 Å². The standard InChI is InChI=1S/C17H22N2O3/c1-2-22-16(21)17(9-3-4-10-17)19-12-15(20)14-7-5-13(11-18)6-8-14/h5-8,15,19-20H,2-4,9-10,12H2,1H3. The molecule has 22 heavy (non-hydrogen) atoms. The van der Waals surface area contributed by atoms with Gasteiger partial charge in [-0.05, 0) is 37.5 Å². The Hall–Kier alpha value is -1.90. The molecule has 0 bridgehead atoms. The first kappa shape index (κ1) is 16.5. The molecule has 1 aliphatic rings. The molecule has 2 rings (SSSR count). The molecule has 1 fully saturated rings. The molecule has 0 aliphatic heterocycles. The van der Waals surface area contributed by atoms with Gasteiger partial charge >= 0.3 is 5.97 Å². The van der Waals surface area contributed by atoms with Crippen molar-refractivity contribution in [1.82, 2.24) is 5.32 Å². The Kier molecular flexibility index (Phi) is 5.53. The molecule has 1 aliphatic carbocycles. The quantitative estimate of drug-likeness (QED) is 0.786. The van der Waals surface area contributed by atoms with E-state index >= 15 is 0 Å². The Morgan fingerprint density at radius 2 is 2.05 bits per heavy atom. The van der Waals surface area contributed by atoms with Crippen LogP contribution in [0.3, 0.4) is 0 Å². The zero-order valence-electron chi connectivity index (χ0n) is 12.8. The molecule has 5 heteroatoms. The number of hydrogen-bond acceptors (Lipinski definition) is 5. The predicted molar refractivity (Wildman–Crippen MR) is 82.0 cm³/mol. The van der Waals surface area contributed by atoms with Crippen molar-refractivity contribution >= 4 is 5.97 Å². The molecule has 0 heterocycles. The number of nitrogens with one attached hydrogen (secondary N) is 1. The van der Waals surface area contributed by atoms with E-state index in [0.717, 1.165) is 31.2 Å². The number of benzene rings is 1. The monoisotopic (exact) mass is 302 g/mol. The highest BCUT2D eigenvalue weighted by Crippen LogP contribution is 2.31. The lowest BCUT2D eigenvalue weighted by molar-refractivity contribution is -0.151. The number of hydrogen-bond donors (Lipinski definition) is 2. The van der Waals surface area contributed by atoms with Crippen LogP contribution in [0.4, 0.5) is 0 Å². The molecular formula is C17H22N2O3. The van der Waals surface area contributed by atoms with E-state index in [9.17, 15) is 9.90 Å². The topological polar surface area (TPSA) is 82.3 Å². The average molecular weight is 302 g/mol. The van der Waals surface area contributed by atoms with E-state index in [1.165, 1.54) is 0 Å². The second-order valence-electron chi connectivity index (χ2n) is 5.64. The number of esters is 1. The molecule has 118 valence electrons. The molecule has 1 aromatic rings. The fourth-order valence-corrected chi connectivity index (χ4v) is 2.89. The number of nitriles is 1. The number of carbonyl (C=O) groups excluding carboxylic acids is 1. The summed E-state index contributed by atoms with van der Waals surface area (Å²) >= 11 is 0. The van der Waals surface area contributed by atoms with Crippen molar-refractivity contribution in [3.8, 4) is 6.07 Å². The van der Waals surface area contributed by atoms with Gasteiger partial charge in [0.15, 0.2) is 0 Å². The smallest absolute Gasteiger partial charge is 0.326 e. The van der Waals surface area contributed by atoms with Gasteiger partial charge in [-0.15, -0.1) is 0 Å². The first-order valence-corrected chi connectivity index (χ1v) is 7.71. The van der Waals surface area contributed by atoms with Crippen LogP contribution in [-0.2, 0) is 9.53 Å². The molecule has 0 radical (unpaired) electrons. The van der Waals surface area contributed by atoms with E-state index in [4.69, 9.17) is 10.00 Å². The van der Waals surface area contributed by atoms with Gasteiger partial charge in [0, 0.05) is 6.54 Å². The van der Waals surface area contributed by atoms with Crippen LogP contribution in [0, 0.1) is 11.3 Å². The third-order valence-electron chi connectivity index (χ3n) is 4.18. The predicted octanol–water partition coefficient (Wildman–Crippen LogP) is 2.06. The molecule has 0 amide bonds. The Morgan fingerprint density at radius 3 is 2.59 bits per heavy atom. The van der Waals surface area contributed by atoms with E-state index in [1.54, 1.807) is 31.2 Å². The van der Waals surface area contributed by atoms with Crippen molar-refractivity contribution < 1.29 is 14.6 Å². The van der Waals surface area contributed by atoms with E-state index in [2.05, 4.69) is 5.32 Å². The van der Waals surface area contributed by atoms with Crippen molar-refractivity contribution in [2.24, 2.45) is 0 Å². The third-order valence-corrected chi connectivity index (χ3v) is 4.18. The van der Waals surface area contributed by atoms with Crippen molar-refractivity contribution in [3.05, 3.63) is 35.4 Å². The number of ether oxygens (including phenoxy) is 1. The van der Waals surface area contributed by atoms with Crippen LogP contribution in [0.1, 0.15) is 49.8 Å². The van der Waals surface area contributed by atoms with Crippen LogP contribution >= 0.6 is 0 Å². The minimum absolute atomic E-state index is 0.223. The van der Waals surface area contributed by atoms with Crippen molar-refractivity contribution in [1.29, 1.82) is 5.26 Å². The van der Waals surface area contributed by atoms with Gasteiger partial charge in [-0.25, -0.2) is 0 Å². The molecule has 5 nitrogen and oxygen atoms in total. The van der Waals surface area contributed by atoms with E-state index < -0.39 is 11.6 Å². The van der Waals surface area contributed by atoms with Gasteiger partial charge in [0.05, 0.1) is 24.3 Å². The summed E-state index contributed by atoms with van der Waals surface area (Å²) in [6, 6.07) is 8.86. The molecule has 1 saturated carbocycles. The van der Waals surface area contributed by atoms with E-state index in [0.29, 0.717) is 12.2 Å². The Morgan fingerprint density at radius 1 is 1.41 bits per heavy atom. The number of aliphatic hydroxyl groups is 1. The highest BCUT2D eigenvalue weighted by Gasteiger charge is 2.42. The Labute approximate surface area is 130 Å². The summed E-state index contributed by atoms with van der Waals surface area (Å²) in [6.07, 6.45) is 2.73. The minimum Gasteiger partial charge on any atom is -0.465 e. The summed E-state index contributed by atoms with van der Waals surface area (Å²) in [4.78, 5) is 12.2. The highest BCUT2D eigenvalue weighted by molar-refractivity contribution is 5.81. The maximum Gasteiger partial charge on any atom is 0.326 e. The fraction of sp³-hybridized carbons (Fsp3) is 0.529. The number of carbonyl (C=O) groups is 1. The van der Waals surface area contributed by atoms with Crippen LogP contribution in [-0.4, -0.2) is 29.8 Å². The van der Waals surface area contributed by atoms with Gasteiger partial charge in [-0.1, -0.05) is 25.0 Å². The van der Waals surface area contributed by atoms with Gasteiger partial charge in [-0.3, -0.25) is 10.1 Å². The lowest BCUT2D eigenvalue weighted by atomic mass is 9.96. The summed E-state index contributed by atoms with van der Waals surface area (Å²) in [7, 11) is 0. The highest BCUT2D eigenvalue weighted by atomic mass is 16.5. The Balaban J connectivity index is 1.99. The average Bonchev–Trinajstić information content (AvgIpc) is 3.03. The summed E-state index contributed by atoms with van der Waals surface area (Å²) in [6.45, 7) is 2.44. The molecule has 0 saturated heterocycles. The number of β-amino-alcohol motifs (C(OH)–C–C–N with tert-alkyl or cyclic N) is 1. The van der Waals surface area contributed by atoms with Crippen LogP contribution in [0.15, 0.2) is 24.3 Å². The molecule has 1 unspecified atom stereocenters. The van der Waals surface area contributed by atoms with E-state index in [1.807, 2.05) is 6.07 Å². The maximum atomic E-state index is 12.2. The molecule has 0 aromatic heterocycles. The number of nitrogens with zero attached hydrogens (tertiary/aromatic N) is 1. The fourth-order valence-electron chi connectivity index (χ4n) is 2.89. The summed E-state index contributed by atoms with van der Waals surface area (Å²) in [5.41, 5.74) is 0.620. The normalized spacial score (nSPS) is 17.7. The number of aliphatic hydroxyl groups excluding tert-OH is 1. The zero-order valence-corrected chi connectivity index (χ0v) is 12.8. The van der Waals surface area contributed by atoms with Gasteiger partial charge in [0.2, 0.25) is 0 Å². The molecule has 1 aromatic carbocycles. The van der Waals surface area contributed by atoms with Gasteiger partial charge < -0.3 is 9.84 Å². The first-order chi connectivity index (χ1) is 10.6. The number of rotatable bonds is 6. The van der Waals surface area contributed by atoms with Crippen molar-refractivity contribution in [2.75, 3.05) is 13.2 Å². The lowest BCUT2D eigenvalue weighted by Crippen LogP contribution is -2.52. The molecule has 2 N–H and O–H groups in total. The van der Waals surface area contributed by atoms with Gasteiger partial charge in [-0.2, -0.15) is 5.26 Å². The van der Waals surface area contributed by atoms with Crippen molar-refractivity contribution in [3.63, 3.8) is 0 Å². The zero-order chi connectivity index (χ0) is 16.0. The second kappa shape index (κ2) is 7.39. The van der Waals surface area contributed by atoms with Crippen LogP contribution in [0.5, 0.6) is 0 Å². The molecule has 0 spiro atoms. The lowest BCUT2D eigenvalue weighted by Gasteiger charge is -2.29. The minimum atomic E-state index is -0.723. The Bertz CT molecular complexity index is 542. The maximum absolute atomic E-state index is 12.2. The van der Waals surface area contributed by atoms with Crippen LogP contribution in [0.2, 0.25) is 0 Å². The van der Waals surface area contributed by atoms with Crippen LogP contribution < -0.4 is 5.32 Å². The molecule has 1 atom stereocenters. The van der Waals surface area contributed by atoms with Crippen molar-refractivity contribution in [2.45, 2.75) is 44.2 Å². The van der Waals surface area contributed by atoms with Gasteiger partial charge in [0.25, 0.3) is 0 Å². The molecular weight excluding hydrogens is 280 g/mol.